The van der Waals surface area contributed by atoms with Gasteiger partial charge < -0.3 is 5.32 Å². The maximum Gasteiger partial charge on any atom is 0.220 e. The molecule has 0 radical (unpaired) electrons. The SMILES string of the molecule is CNNCCCC(=O)NC(C)C. The normalized spacial score (nSPS) is 10.3. The third kappa shape index (κ3) is 7.50. The first-order valence-electron chi connectivity index (χ1n) is 4.35. The molecule has 3 N–H and O–H groups in total. The summed E-state index contributed by atoms with van der Waals surface area (Å²) in [5.41, 5.74) is 5.73. The summed E-state index contributed by atoms with van der Waals surface area (Å²) >= 11 is 0. The number of nitrogens with one attached hydrogen (secondary N) is 3. The smallest absolute Gasteiger partial charge is 0.220 e. The molecule has 72 valence electrons. The number of amides is 1. The van der Waals surface area contributed by atoms with Gasteiger partial charge in [0.2, 0.25) is 5.91 Å². The molecule has 0 aliphatic heterocycles. The topological polar surface area (TPSA) is 53.2 Å². The lowest BCUT2D eigenvalue weighted by Crippen LogP contribution is -2.32. The zero-order valence-corrected chi connectivity index (χ0v) is 8.11. The van der Waals surface area contributed by atoms with Gasteiger partial charge in [-0.2, -0.15) is 0 Å². The van der Waals surface area contributed by atoms with Crippen molar-refractivity contribution in [3.8, 4) is 0 Å². The van der Waals surface area contributed by atoms with Crippen molar-refractivity contribution in [1.29, 1.82) is 0 Å². The third-order valence-electron chi connectivity index (χ3n) is 1.33. The van der Waals surface area contributed by atoms with Crippen LogP contribution in [0.15, 0.2) is 0 Å². The largest absolute Gasteiger partial charge is 0.354 e. The molecular weight excluding hydrogens is 154 g/mol. The summed E-state index contributed by atoms with van der Waals surface area (Å²) in [7, 11) is 1.81. The van der Waals surface area contributed by atoms with Crippen molar-refractivity contribution in [3.05, 3.63) is 0 Å². The molecule has 0 saturated carbocycles. The maximum atomic E-state index is 11.1. The lowest BCUT2D eigenvalue weighted by molar-refractivity contribution is -0.121. The van der Waals surface area contributed by atoms with Crippen molar-refractivity contribution < 1.29 is 4.79 Å². The molecule has 0 aliphatic rings. The van der Waals surface area contributed by atoms with Gasteiger partial charge in [0, 0.05) is 19.0 Å². The summed E-state index contributed by atoms with van der Waals surface area (Å²) in [6.07, 6.45) is 1.45. The van der Waals surface area contributed by atoms with Gasteiger partial charge in [-0.3, -0.25) is 15.6 Å². The van der Waals surface area contributed by atoms with E-state index in [1.807, 2.05) is 20.9 Å². The summed E-state index contributed by atoms with van der Waals surface area (Å²) in [6, 6.07) is 0.245. The molecule has 0 rings (SSSR count). The molecule has 0 aromatic heterocycles. The Balaban J connectivity index is 3.20. The van der Waals surface area contributed by atoms with Crippen LogP contribution >= 0.6 is 0 Å². The highest BCUT2D eigenvalue weighted by Crippen LogP contribution is 1.88. The fourth-order valence-corrected chi connectivity index (χ4v) is 0.856. The van der Waals surface area contributed by atoms with Gasteiger partial charge in [-0.25, -0.2) is 0 Å². The summed E-state index contributed by atoms with van der Waals surface area (Å²) in [5, 5.41) is 2.83. The van der Waals surface area contributed by atoms with Crippen LogP contribution in [0.2, 0.25) is 0 Å². The Morgan fingerprint density at radius 1 is 1.42 bits per heavy atom. The van der Waals surface area contributed by atoms with Crippen LogP contribution < -0.4 is 16.2 Å². The van der Waals surface area contributed by atoms with E-state index < -0.39 is 0 Å². The van der Waals surface area contributed by atoms with Crippen LogP contribution in [0.4, 0.5) is 0 Å². The number of hydrogen-bond donors (Lipinski definition) is 3. The predicted octanol–water partition coefficient (Wildman–Crippen LogP) is 0.0152. The number of rotatable bonds is 6. The average Bonchev–Trinajstić information content (AvgIpc) is 1.97. The average molecular weight is 173 g/mol. The van der Waals surface area contributed by atoms with E-state index in [9.17, 15) is 4.79 Å². The summed E-state index contributed by atoms with van der Waals surface area (Å²) in [4.78, 5) is 11.1. The fraction of sp³-hybridized carbons (Fsp3) is 0.875. The fourth-order valence-electron chi connectivity index (χ4n) is 0.856. The molecule has 1 amide bonds. The number of hydrogen-bond acceptors (Lipinski definition) is 3. The van der Waals surface area contributed by atoms with E-state index in [4.69, 9.17) is 0 Å². The van der Waals surface area contributed by atoms with Crippen LogP contribution in [0.1, 0.15) is 26.7 Å². The molecular formula is C8H19N3O. The predicted molar refractivity (Wildman–Crippen MR) is 49.6 cm³/mol. The van der Waals surface area contributed by atoms with E-state index in [-0.39, 0.29) is 11.9 Å². The first-order chi connectivity index (χ1) is 5.66. The standard InChI is InChI=1S/C8H19N3O/c1-7(2)11-8(12)5-4-6-10-9-3/h7,9-10H,4-6H2,1-3H3,(H,11,12). The third-order valence-corrected chi connectivity index (χ3v) is 1.33. The molecule has 0 aromatic carbocycles. The first-order valence-corrected chi connectivity index (χ1v) is 4.35. The molecule has 4 heteroatoms. The van der Waals surface area contributed by atoms with Crippen LogP contribution in [0, 0.1) is 0 Å². The molecule has 0 saturated heterocycles. The minimum Gasteiger partial charge on any atom is -0.354 e. The van der Waals surface area contributed by atoms with Crippen molar-refractivity contribution in [1.82, 2.24) is 16.2 Å². The molecule has 0 atom stereocenters. The van der Waals surface area contributed by atoms with Gasteiger partial charge >= 0.3 is 0 Å². The van der Waals surface area contributed by atoms with E-state index in [0.29, 0.717) is 6.42 Å². The maximum absolute atomic E-state index is 11.1. The van der Waals surface area contributed by atoms with Crippen LogP contribution in [0.25, 0.3) is 0 Å². The van der Waals surface area contributed by atoms with E-state index >= 15 is 0 Å². The van der Waals surface area contributed by atoms with E-state index in [0.717, 1.165) is 13.0 Å². The van der Waals surface area contributed by atoms with Gasteiger partial charge in [0.15, 0.2) is 0 Å². The van der Waals surface area contributed by atoms with Crippen molar-refractivity contribution >= 4 is 5.91 Å². The number of carbonyl (C=O) groups excluding carboxylic acids is 1. The van der Waals surface area contributed by atoms with Gasteiger partial charge in [-0.1, -0.05) is 0 Å². The Morgan fingerprint density at radius 2 is 2.08 bits per heavy atom. The molecule has 0 aromatic rings. The molecule has 12 heavy (non-hydrogen) atoms. The number of carbonyl (C=O) groups is 1. The van der Waals surface area contributed by atoms with Crippen LogP contribution in [-0.4, -0.2) is 25.5 Å². The second kappa shape index (κ2) is 7.06. The molecule has 0 bridgehead atoms. The first kappa shape index (κ1) is 11.4. The Hall–Kier alpha value is -0.610. The molecule has 0 heterocycles. The zero-order valence-electron chi connectivity index (χ0n) is 8.11. The van der Waals surface area contributed by atoms with Gasteiger partial charge in [-0.05, 0) is 27.3 Å². The highest BCUT2D eigenvalue weighted by Gasteiger charge is 2.01. The van der Waals surface area contributed by atoms with Gasteiger partial charge in [0.1, 0.15) is 0 Å². The minimum absolute atomic E-state index is 0.128. The van der Waals surface area contributed by atoms with Gasteiger partial charge in [0.05, 0.1) is 0 Å². The van der Waals surface area contributed by atoms with Crippen LogP contribution in [0.5, 0.6) is 0 Å². The lowest BCUT2D eigenvalue weighted by Gasteiger charge is -2.07. The number of hydrazine groups is 1. The van der Waals surface area contributed by atoms with Crippen molar-refractivity contribution in [2.45, 2.75) is 32.7 Å². The van der Waals surface area contributed by atoms with Crippen molar-refractivity contribution in [2.75, 3.05) is 13.6 Å². The Kier molecular flexibility index (Phi) is 6.70. The monoisotopic (exact) mass is 173 g/mol. The highest BCUT2D eigenvalue weighted by atomic mass is 16.1. The van der Waals surface area contributed by atoms with Crippen molar-refractivity contribution in [2.24, 2.45) is 0 Å². The second-order valence-corrected chi connectivity index (χ2v) is 3.00. The molecule has 0 fully saturated rings. The van der Waals surface area contributed by atoms with Crippen molar-refractivity contribution in [3.63, 3.8) is 0 Å². The van der Waals surface area contributed by atoms with Crippen LogP contribution in [-0.2, 0) is 4.79 Å². The van der Waals surface area contributed by atoms with E-state index in [2.05, 4.69) is 16.2 Å². The molecule has 4 nitrogen and oxygen atoms in total. The summed E-state index contributed by atoms with van der Waals surface area (Å²) in [5.74, 6) is 0.128. The molecule has 0 unspecified atom stereocenters. The summed E-state index contributed by atoms with van der Waals surface area (Å²) in [6.45, 7) is 4.75. The second-order valence-electron chi connectivity index (χ2n) is 3.00. The zero-order chi connectivity index (χ0) is 9.40. The quantitative estimate of drug-likeness (QED) is 0.392. The molecule has 0 aliphatic carbocycles. The lowest BCUT2D eigenvalue weighted by atomic mass is 10.3. The minimum atomic E-state index is 0.128. The molecule has 0 spiro atoms. The van der Waals surface area contributed by atoms with Gasteiger partial charge in [-0.15, -0.1) is 0 Å². The van der Waals surface area contributed by atoms with E-state index in [1.165, 1.54) is 0 Å². The Bertz CT molecular complexity index is 125. The van der Waals surface area contributed by atoms with E-state index in [1.54, 1.807) is 0 Å². The van der Waals surface area contributed by atoms with Gasteiger partial charge in [0.25, 0.3) is 0 Å². The Morgan fingerprint density at radius 3 is 2.58 bits per heavy atom. The summed E-state index contributed by atoms with van der Waals surface area (Å²) < 4.78 is 0. The highest BCUT2D eigenvalue weighted by molar-refractivity contribution is 5.76. The van der Waals surface area contributed by atoms with Crippen LogP contribution in [0.3, 0.4) is 0 Å². The Labute approximate surface area is 74.1 Å².